The van der Waals surface area contributed by atoms with Crippen molar-refractivity contribution in [1.29, 1.82) is 0 Å². The summed E-state index contributed by atoms with van der Waals surface area (Å²) in [6, 6.07) is 3.55. The van der Waals surface area contributed by atoms with Crippen LogP contribution >= 0.6 is 0 Å². The molecule has 0 unspecified atom stereocenters. The molecule has 1 heterocycles. The topological polar surface area (TPSA) is 111 Å². The largest absolute Gasteiger partial charge is 0.496 e. The van der Waals surface area contributed by atoms with Crippen molar-refractivity contribution in [2.24, 2.45) is 0 Å². The van der Waals surface area contributed by atoms with Crippen molar-refractivity contribution in [1.82, 2.24) is 10.2 Å². The fourth-order valence-corrected chi connectivity index (χ4v) is 2.01. The van der Waals surface area contributed by atoms with E-state index < -0.39 is 23.0 Å². The van der Waals surface area contributed by atoms with Crippen LogP contribution in [-0.4, -0.2) is 48.1 Å². The van der Waals surface area contributed by atoms with E-state index in [-0.39, 0.29) is 18.0 Å². The predicted octanol–water partition coefficient (Wildman–Crippen LogP) is 0.923. The summed E-state index contributed by atoms with van der Waals surface area (Å²) in [6.07, 6.45) is -1.03. The lowest BCUT2D eigenvalue weighted by Gasteiger charge is -2.19. The van der Waals surface area contributed by atoms with Crippen LogP contribution < -0.4 is 14.8 Å². The second-order valence-corrected chi connectivity index (χ2v) is 4.57. The van der Waals surface area contributed by atoms with Gasteiger partial charge in [-0.25, -0.2) is 4.79 Å². The predicted molar refractivity (Wildman–Crippen MR) is 74.9 cm³/mol. The molecule has 1 aliphatic rings. The number of hydrogen-bond donors (Lipinski definition) is 1. The third kappa shape index (κ3) is 3.08. The standard InChI is InChI=1S/C13H15N3O6/c1-8(12(17)15-6-5-14-13(15)18)22-11-4-3-9(21-2)7-10(11)16(19)20/h3-4,7-8H,5-6H2,1-2H3,(H,14,18)/t8-/m1/s1. The van der Waals surface area contributed by atoms with Gasteiger partial charge in [-0.2, -0.15) is 0 Å². The molecule has 0 saturated carbocycles. The second kappa shape index (κ2) is 6.29. The van der Waals surface area contributed by atoms with Gasteiger partial charge in [-0.15, -0.1) is 0 Å². The highest BCUT2D eigenvalue weighted by Crippen LogP contribution is 2.31. The van der Waals surface area contributed by atoms with Gasteiger partial charge in [0.1, 0.15) is 5.75 Å². The average molecular weight is 309 g/mol. The molecule has 0 spiro atoms. The molecule has 9 nitrogen and oxygen atoms in total. The minimum Gasteiger partial charge on any atom is -0.496 e. The van der Waals surface area contributed by atoms with Gasteiger partial charge in [-0.1, -0.05) is 0 Å². The van der Waals surface area contributed by atoms with Gasteiger partial charge < -0.3 is 14.8 Å². The molecule has 1 N–H and O–H groups in total. The lowest BCUT2D eigenvalue weighted by atomic mass is 10.2. The number of urea groups is 1. The Bertz CT molecular complexity index is 618. The Labute approximate surface area is 125 Å². The number of ether oxygens (including phenoxy) is 2. The summed E-state index contributed by atoms with van der Waals surface area (Å²) in [5.74, 6) is -0.316. The van der Waals surface area contributed by atoms with E-state index in [9.17, 15) is 19.7 Å². The summed E-state index contributed by atoms with van der Waals surface area (Å²) in [4.78, 5) is 35.0. The highest BCUT2D eigenvalue weighted by molar-refractivity contribution is 5.97. The molecule has 1 aliphatic heterocycles. The Morgan fingerprint density at radius 3 is 2.77 bits per heavy atom. The summed E-state index contributed by atoms with van der Waals surface area (Å²) >= 11 is 0. The minimum absolute atomic E-state index is 0.0637. The molecule has 3 amide bonds. The second-order valence-electron chi connectivity index (χ2n) is 4.57. The van der Waals surface area contributed by atoms with Gasteiger partial charge in [0.15, 0.2) is 11.9 Å². The molecule has 2 rings (SSSR count). The first-order chi connectivity index (χ1) is 10.4. The molecular formula is C13H15N3O6. The number of methoxy groups -OCH3 is 1. The average Bonchev–Trinajstić information content (AvgIpc) is 2.92. The summed E-state index contributed by atoms with van der Waals surface area (Å²) in [5, 5.41) is 13.6. The van der Waals surface area contributed by atoms with Crippen LogP contribution in [0.5, 0.6) is 11.5 Å². The third-order valence-corrected chi connectivity index (χ3v) is 3.14. The molecule has 1 atom stereocenters. The van der Waals surface area contributed by atoms with Crippen LogP contribution in [0.4, 0.5) is 10.5 Å². The van der Waals surface area contributed by atoms with Crippen molar-refractivity contribution in [3.63, 3.8) is 0 Å². The number of carbonyl (C=O) groups is 2. The van der Waals surface area contributed by atoms with E-state index in [2.05, 4.69) is 5.32 Å². The Balaban J connectivity index is 2.17. The molecule has 0 bridgehead atoms. The van der Waals surface area contributed by atoms with Gasteiger partial charge in [-0.05, 0) is 19.1 Å². The minimum atomic E-state index is -1.03. The van der Waals surface area contributed by atoms with Crippen molar-refractivity contribution in [3.8, 4) is 11.5 Å². The van der Waals surface area contributed by atoms with Crippen LogP contribution in [0, 0.1) is 10.1 Å². The zero-order valence-corrected chi connectivity index (χ0v) is 12.1. The summed E-state index contributed by atoms with van der Waals surface area (Å²) in [5.41, 5.74) is -0.315. The number of rotatable bonds is 5. The molecular weight excluding hydrogens is 294 g/mol. The van der Waals surface area contributed by atoms with Crippen molar-refractivity contribution in [2.75, 3.05) is 20.2 Å². The van der Waals surface area contributed by atoms with E-state index >= 15 is 0 Å². The number of carbonyl (C=O) groups excluding carboxylic acids is 2. The van der Waals surface area contributed by atoms with Crippen LogP contribution in [-0.2, 0) is 4.79 Å². The number of benzene rings is 1. The SMILES string of the molecule is COc1ccc(O[C@H](C)C(=O)N2CCNC2=O)c([N+](=O)[O-])c1. The van der Waals surface area contributed by atoms with E-state index in [1.54, 1.807) is 0 Å². The van der Waals surface area contributed by atoms with Gasteiger partial charge in [0.2, 0.25) is 0 Å². The van der Waals surface area contributed by atoms with Crippen LogP contribution in [0.25, 0.3) is 0 Å². The summed E-state index contributed by atoms with van der Waals surface area (Å²) < 4.78 is 10.3. The van der Waals surface area contributed by atoms with E-state index in [0.717, 1.165) is 4.90 Å². The monoisotopic (exact) mass is 309 g/mol. The lowest BCUT2D eigenvalue weighted by Crippen LogP contribution is -2.42. The fourth-order valence-electron chi connectivity index (χ4n) is 2.01. The van der Waals surface area contributed by atoms with Crippen molar-refractivity contribution >= 4 is 17.6 Å². The molecule has 118 valence electrons. The third-order valence-electron chi connectivity index (χ3n) is 3.14. The number of nitrogens with zero attached hydrogens (tertiary/aromatic N) is 2. The maximum absolute atomic E-state index is 12.1. The molecule has 0 radical (unpaired) electrons. The highest BCUT2D eigenvalue weighted by Gasteiger charge is 2.31. The number of amides is 3. The Hall–Kier alpha value is -2.84. The molecule has 1 fully saturated rings. The highest BCUT2D eigenvalue weighted by atomic mass is 16.6. The first-order valence-corrected chi connectivity index (χ1v) is 6.52. The molecule has 22 heavy (non-hydrogen) atoms. The Kier molecular flexibility index (Phi) is 4.44. The first-order valence-electron chi connectivity index (χ1n) is 6.52. The fraction of sp³-hybridized carbons (Fsp3) is 0.385. The molecule has 1 aromatic carbocycles. The zero-order valence-electron chi connectivity index (χ0n) is 12.1. The zero-order chi connectivity index (χ0) is 16.3. The van der Waals surface area contributed by atoms with Crippen molar-refractivity contribution in [2.45, 2.75) is 13.0 Å². The van der Waals surface area contributed by atoms with Gasteiger partial charge in [0, 0.05) is 13.1 Å². The first kappa shape index (κ1) is 15.5. The van der Waals surface area contributed by atoms with Gasteiger partial charge in [-0.3, -0.25) is 19.8 Å². The van der Waals surface area contributed by atoms with E-state index in [4.69, 9.17) is 9.47 Å². The van der Waals surface area contributed by atoms with E-state index in [1.165, 1.54) is 32.2 Å². The molecule has 1 saturated heterocycles. The summed E-state index contributed by atoms with van der Waals surface area (Å²) in [6.45, 7) is 2.05. The Morgan fingerprint density at radius 1 is 1.50 bits per heavy atom. The van der Waals surface area contributed by atoms with E-state index in [0.29, 0.717) is 12.3 Å². The quantitative estimate of drug-likeness (QED) is 0.639. The summed E-state index contributed by atoms with van der Waals surface area (Å²) in [7, 11) is 1.39. The van der Waals surface area contributed by atoms with Crippen LogP contribution in [0.15, 0.2) is 18.2 Å². The van der Waals surface area contributed by atoms with Gasteiger partial charge in [0.25, 0.3) is 5.91 Å². The maximum atomic E-state index is 12.1. The van der Waals surface area contributed by atoms with Crippen LogP contribution in [0.2, 0.25) is 0 Å². The van der Waals surface area contributed by atoms with Gasteiger partial charge >= 0.3 is 11.7 Å². The number of hydrogen-bond acceptors (Lipinski definition) is 6. The molecule has 1 aromatic rings. The Morgan fingerprint density at radius 2 is 2.23 bits per heavy atom. The van der Waals surface area contributed by atoms with Crippen molar-refractivity contribution < 1.29 is 24.0 Å². The molecule has 0 aromatic heterocycles. The number of nitro groups is 1. The van der Waals surface area contributed by atoms with Crippen LogP contribution in [0.1, 0.15) is 6.92 Å². The molecule has 0 aliphatic carbocycles. The van der Waals surface area contributed by atoms with Gasteiger partial charge in [0.05, 0.1) is 18.1 Å². The van der Waals surface area contributed by atoms with E-state index in [1.807, 2.05) is 0 Å². The molecule has 9 heteroatoms. The number of nitro benzene ring substituents is 1. The number of imide groups is 1. The number of nitrogens with one attached hydrogen (secondary N) is 1. The lowest BCUT2D eigenvalue weighted by molar-refractivity contribution is -0.386. The normalized spacial score (nSPS) is 15.2. The van der Waals surface area contributed by atoms with Crippen LogP contribution in [0.3, 0.4) is 0 Å². The van der Waals surface area contributed by atoms with Crippen molar-refractivity contribution in [3.05, 3.63) is 28.3 Å². The maximum Gasteiger partial charge on any atom is 0.324 e. The smallest absolute Gasteiger partial charge is 0.324 e.